The van der Waals surface area contributed by atoms with Crippen molar-refractivity contribution in [2.75, 3.05) is 6.54 Å². The van der Waals surface area contributed by atoms with E-state index in [4.69, 9.17) is 11.6 Å². The summed E-state index contributed by atoms with van der Waals surface area (Å²) >= 11 is 9.67. The molecule has 1 radical (unpaired) electrons. The third kappa shape index (κ3) is 3.36. The second-order valence-electron chi connectivity index (χ2n) is 3.69. The van der Waals surface area contributed by atoms with Gasteiger partial charge in [0.25, 0.3) is 0 Å². The molecule has 1 aromatic carbocycles. The fourth-order valence-corrected chi connectivity index (χ4v) is 2.56. The Balaban J connectivity index is 0.00000162. The Labute approximate surface area is 147 Å². The Morgan fingerprint density at radius 1 is 1.44 bits per heavy atom. The summed E-state index contributed by atoms with van der Waals surface area (Å²) in [5.41, 5.74) is 2.90. The van der Waals surface area contributed by atoms with Gasteiger partial charge in [0.1, 0.15) is 0 Å². The normalized spacial score (nSPS) is 14.3. The van der Waals surface area contributed by atoms with E-state index in [2.05, 4.69) is 40.4 Å². The molecule has 0 bridgehead atoms. The van der Waals surface area contributed by atoms with E-state index >= 15 is 0 Å². The van der Waals surface area contributed by atoms with Crippen molar-refractivity contribution in [3.8, 4) is 0 Å². The molecule has 0 aliphatic carbocycles. The van der Waals surface area contributed by atoms with Crippen molar-refractivity contribution >= 4 is 33.2 Å². The van der Waals surface area contributed by atoms with Gasteiger partial charge in [-0.1, -0.05) is 51.4 Å². The van der Waals surface area contributed by atoms with Crippen molar-refractivity contribution < 1.29 is 32.7 Å². The van der Waals surface area contributed by atoms with E-state index in [0.29, 0.717) is 5.02 Å². The van der Waals surface area contributed by atoms with Crippen LogP contribution in [0.1, 0.15) is 12.5 Å². The van der Waals surface area contributed by atoms with Crippen LogP contribution in [0.4, 0.5) is 0 Å². The molecule has 0 aromatic heterocycles. The van der Waals surface area contributed by atoms with Crippen molar-refractivity contribution in [3.63, 3.8) is 0 Å². The van der Waals surface area contributed by atoms with Gasteiger partial charge in [-0.2, -0.15) is 12.2 Å². The summed E-state index contributed by atoms with van der Waals surface area (Å²) in [7, 11) is 0. The van der Waals surface area contributed by atoms with Gasteiger partial charge in [0.15, 0.2) is 0 Å². The fourth-order valence-electron chi connectivity index (χ4n) is 1.79. The molecule has 0 atom stereocenters. The van der Waals surface area contributed by atoms with Crippen LogP contribution >= 0.6 is 27.5 Å². The molecule has 2 rings (SSSR count). The number of benzene rings is 1. The van der Waals surface area contributed by atoms with Crippen molar-refractivity contribution in [3.05, 3.63) is 63.8 Å². The van der Waals surface area contributed by atoms with Crippen LogP contribution in [0.15, 0.2) is 47.1 Å². The van der Waals surface area contributed by atoms with Crippen LogP contribution in [0.25, 0.3) is 5.70 Å². The van der Waals surface area contributed by atoms with Crippen LogP contribution < -0.4 is 0 Å². The molecule has 1 aromatic rings. The maximum Gasteiger partial charge on any atom is 0.0169 e. The summed E-state index contributed by atoms with van der Waals surface area (Å²) in [5.74, 6) is 0. The Bertz CT molecular complexity index is 523. The number of nitrogens with zero attached hydrogens (tertiary/aromatic N) is 1. The van der Waals surface area contributed by atoms with E-state index in [1.54, 1.807) is 0 Å². The van der Waals surface area contributed by atoms with Gasteiger partial charge in [-0.3, -0.25) is 0 Å². The smallest absolute Gasteiger partial charge is 0.0169 e. The molecule has 91 valence electrons. The molecule has 0 spiro atoms. The minimum absolute atomic E-state index is 0. The van der Waals surface area contributed by atoms with Crippen LogP contribution in [0.3, 0.4) is 0 Å². The summed E-state index contributed by atoms with van der Waals surface area (Å²) in [5, 5.41) is 0.712. The van der Waals surface area contributed by atoms with Gasteiger partial charge < -0.3 is 4.90 Å². The average Bonchev–Trinajstić information content (AvgIpc) is 2.29. The molecule has 0 saturated carbocycles. The van der Waals surface area contributed by atoms with Crippen molar-refractivity contribution in [1.29, 1.82) is 0 Å². The first kappa shape index (κ1) is 16.2. The summed E-state index contributed by atoms with van der Waals surface area (Å²) in [6.45, 7) is 6.94. The van der Waals surface area contributed by atoms with Crippen LogP contribution in [0, 0.1) is 6.08 Å². The van der Waals surface area contributed by atoms with E-state index in [1.165, 1.54) is 0 Å². The fraction of sp³-hybridized carbons (Fsp3) is 0.143. The molecule has 0 unspecified atom stereocenters. The number of halogens is 2. The molecule has 0 saturated heterocycles. The number of likely N-dealkylation sites (N-methyl/N-ethyl adjacent to an activating group) is 1. The topological polar surface area (TPSA) is 3.24 Å². The summed E-state index contributed by atoms with van der Waals surface area (Å²) in [4.78, 5) is 2.09. The molecule has 4 heteroatoms. The minimum Gasteiger partial charge on any atom is -0.376 e. The Morgan fingerprint density at radius 3 is 2.78 bits per heavy atom. The molecule has 1 aliphatic rings. The van der Waals surface area contributed by atoms with Gasteiger partial charge in [0.05, 0.1) is 0 Å². The Kier molecular flexibility index (Phi) is 6.33. The quantitative estimate of drug-likeness (QED) is 0.656. The molecule has 1 nitrogen and oxygen atoms in total. The SMILES string of the molecule is C=C1C=C[C-]=C(c2ccc(Br)cc2Cl)N1CC.[Y]. The number of allylic oxidation sites excluding steroid dienone is 3. The van der Waals surface area contributed by atoms with Gasteiger partial charge in [-0.15, -0.1) is 12.1 Å². The third-order valence-electron chi connectivity index (χ3n) is 2.61. The van der Waals surface area contributed by atoms with Crippen LogP contribution in [-0.4, -0.2) is 11.4 Å². The Morgan fingerprint density at radius 2 is 2.17 bits per heavy atom. The summed E-state index contributed by atoms with van der Waals surface area (Å²) < 4.78 is 0.972. The zero-order valence-electron chi connectivity index (χ0n) is 10.1. The molecular formula is C14H12BrClNY-. The van der Waals surface area contributed by atoms with E-state index in [1.807, 2.05) is 30.4 Å². The van der Waals surface area contributed by atoms with E-state index < -0.39 is 0 Å². The van der Waals surface area contributed by atoms with E-state index in [9.17, 15) is 0 Å². The van der Waals surface area contributed by atoms with Gasteiger partial charge in [0.2, 0.25) is 0 Å². The molecule has 0 N–H and O–H groups in total. The first-order valence-electron chi connectivity index (χ1n) is 5.35. The van der Waals surface area contributed by atoms with Gasteiger partial charge in [-0.25, -0.2) is 0 Å². The molecule has 0 fully saturated rings. The van der Waals surface area contributed by atoms with Crippen LogP contribution in [-0.2, 0) is 32.7 Å². The second kappa shape index (κ2) is 7.05. The zero-order chi connectivity index (χ0) is 12.4. The summed E-state index contributed by atoms with van der Waals surface area (Å²) in [6, 6.07) is 5.86. The van der Waals surface area contributed by atoms with E-state index in [0.717, 1.165) is 28.0 Å². The van der Waals surface area contributed by atoms with Crippen LogP contribution in [0.2, 0.25) is 5.02 Å². The van der Waals surface area contributed by atoms with Crippen molar-refractivity contribution in [2.45, 2.75) is 6.92 Å². The second-order valence-corrected chi connectivity index (χ2v) is 5.01. The van der Waals surface area contributed by atoms with Gasteiger partial charge in [-0.05, 0) is 23.7 Å². The van der Waals surface area contributed by atoms with Gasteiger partial charge >= 0.3 is 0 Å². The average molecular weight is 399 g/mol. The standard InChI is InChI=1S/C14H12BrClN.Y/c1-3-17-10(2)5-4-6-14(17)12-8-7-11(15)9-13(12)16;/h4-5,7-9H,2-3H2,1H3;/q-1;. The molecule has 18 heavy (non-hydrogen) atoms. The first-order chi connectivity index (χ1) is 8.13. The number of rotatable bonds is 2. The van der Waals surface area contributed by atoms with Crippen molar-refractivity contribution in [1.82, 2.24) is 4.90 Å². The van der Waals surface area contributed by atoms with Crippen LogP contribution in [0.5, 0.6) is 0 Å². The molecule has 1 heterocycles. The minimum atomic E-state index is 0. The number of hydrogen-bond donors (Lipinski definition) is 0. The molecular weight excluding hydrogens is 386 g/mol. The van der Waals surface area contributed by atoms with E-state index in [-0.39, 0.29) is 32.7 Å². The summed E-state index contributed by atoms with van der Waals surface area (Å²) in [6.07, 6.45) is 7.05. The largest absolute Gasteiger partial charge is 0.376 e. The predicted molar refractivity (Wildman–Crippen MR) is 76.5 cm³/mol. The zero-order valence-corrected chi connectivity index (χ0v) is 15.3. The number of hydrogen-bond acceptors (Lipinski definition) is 1. The first-order valence-corrected chi connectivity index (χ1v) is 6.52. The predicted octanol–water partition coefficient (Wildman–Crippen LogP) is 4.65. The molecule has 0 amide bonds. The Hall–Kier alpha value is 0.114. The maximum atomic E-state index is 6.26. The van der Waals surface area contributed by atoms with Crippen molar-refractivity contribution in [2.24, 2.45) is 0 Å². The monoisotopic (exact) mass is 397 g/mol. The van der Waals surface area contributed by atoms with Gasteiger partial charge in [0, 0.05) is 43.7 Å². The molecule has 1 aliphatic heterocycles. The third-order valence-corrected chi connectivity index (χ3v) is 3.42. The maximum absolute atomic E-state index is 6.26.